The number of carbonyl (C=O) groups is 2. The lowest BCUT2D eigenvalue weighted by atomic mass is 10.2. The molecule has 7 heteroatoms. The molecule has 0 aliphatic carbocycles. The van der Waals surface area contributed by atoms with Crippen molar-refractivity contribution < 1.29 is 14.7 Å². The Hall–Kier alpha value is -2.80. The van der Waals surface area contributed by atoms with Crippen LogP contribution in [0.15, 0.2) is 47.6 Å². The van der Waals surface area contributed by atoms with Gasteiger partial charge in [0.25, 0.3) is 0 Å². The number of thioether (sulfide) groups is 1. The smallest absolute Gasteiger partial charge is 0.335 e. The summed E-state index contributed by atoms with van der Waals surface area (Å²) < 4.78 is 0. The monoisotopic (exact) mass is 341 g/mol. The van der Waals surface area contributed by atoms with Crippen molar-refractivity contribution >= 4 is 40.4 Å². The molecular formula is C17H15N3O3S. The first-order valence-electron chi connectivity index (χ1n) is 7.23. The molecule has 0 aliphatic rings. The lowest BCUT2D eigenvalue weighted by molar-refractivity contribution is -0.113. The number of aryl methyl sites for hydroxylation is 1. The number of aromatic nitrogens is 2. The quantitative estimate of drug-likeness (QED) is 0.619. The third-order valence-corrected chi connectivity index (χ3v) is 4.24. The number of rotatable bonds is 5. The second-order valence-corrected chi connectivity index (χ2v) is 6.25. The van der Waals surface area contributed by atoms with Gasteiger partial charge in [0.2, 0.25) is 5.91 Å². The summed E-state index contributed by atoms with van der Waals surface area (Å²) in [5, 5.41) is 12.3. The Morgan fingerprint density at radius 1 is 1.21 bits per heavy atom. The molecule has 0 unspecified atom stereocenters. The molecule has 0 spiro atoms. The van der Waals surface area contributed by atoms with Crippen molar-refractivity contribution in [1.82, 2.24) is 9.97 Å². The van der Waals surface area contributed by atoms with Gasteiger partial charge in [-0.3, -0.25) is 4.79 Å². The van der Waals surface area contributed by atoms with E-state index < -0.39 is 5.97 Å². The topological polar surface area (TPSA) is 95.1 Å². The van der Waals surface area contributed by atoms with Crippen molar-refractivity contribution in [2.24, 2.45) is 0 Å². The molecule has 122 valence electrons. The minimum atomic E-state index is -0.997. The van der Waals surface area contributed by atoms with Crippen LogP contribution < -0.4 is 5.32 Å². The number of carboxylic acids is 1. The van der Waals surface area contributed by atoms with Gasteiger partial charge in [0.1, 0.15) is 0 Å². The average molecular weight is 341 g/mol. The third-order valence-electron chi connectivity index (χ3n) is 3.37. The molecule has 24 heavy (non-hydrogen) atoms. The number of amides is 1. The van der Waals surface area contributed by atoms with Crippen molar-refractivity contribution in [3.05, 3.63) is 53.6 Å². The maximum absolute atomic E-state index is 12.0. The van der Waals surface area contributed by atoms with E-state index in [1.54, 1.807) is 12.1 Å². The van der Waals surface area contributed by atoms with E-state index in [4.69, 9.17) is 5.11 Å². The van der Waals surface area contributed by atoms with Crippen LogP contribution in [0.3, 0.4) is 0 Å². The zero-order valence-corrected chi connectivity index (χ0v) is 13.7. The Labute approximate surface area is 142 Å². The molecule has 3 rings (SSSR count). The van der Waals surface area contributed by atoms with Crippen LogP contribution in [0.5, 0.6) is 0 Å². The molecule has 0 saturated carbocycles. The fourth-order valence-corrected chi connectivity index (χ4v) is 2.88. The predicted octanol–water partition coefficient (Wildman–Crippen LogP) is 3.30. The molecule has 6 nitrogen and oxygen atoms in total. The van der Waals surface area contributed by atoms with Crippen LogP contribution in [0.1, 0.15) is 15.9 Å². The number of nitrogens with one attached hydrogen (secondary N) is 2. The molecule has 3 N–H and O–H groups in total. The molecule has 0 aliphatic heterocycles. The average Bonchev–Trinajstić information content (AvgIpc) is 2.95. The number of aromatic amines is 1. The highest BCUT2D eigenvalue weighted by Crippen LogP contribution is 2.20. The van der Waals surface area contributed by atoms with E-state index in [-0.39, 0.29) is 17.2 Å². The molecule has 3 aromatic rings. The molecule has 1 heterocycles. The van der Waals surface area contributed by atoms with E-state index in [0.717, 1.165) is 16.6 Å². The van der Waals surface area contributed by atoms with Gasteiger partial charge < -0.3 is 15.4 Å². The van der Waals surface area contributed by atoms with Crippen molar-refractivity contribution in [3.63, 3.8) is 0 Å². The number of carboxylic acid groups (broad SMARTS) is 1. The van der Waals surface area contributed by atoms with E-state index in [9.17, 15) is 9.59 Å². The van der Waals surface area contributed by atoms with E-state index in [1.807, 2.05) is 25.1 Å². The highest BCUT2D eigenvalue weighted by molar-refractivity contribution is 7.99. The number of H-pyrrole nitrogens is 1. The molecule has 0 atom stereocenters. The molecule has 1 amide bonds. The number of imidazole rings is 1. The summed E-state index contributed by atoms with van der Waals surface area (Å²) >= 11 is 1.31. The van der Waals surface area contributed by atoms with Crippen LogP contribution in [0.2, 0.25) is 0 Å². The summed E-state index contributed by atoms with van der Waals surface area (Å²) in [6.07, 6.45) is 0. The largest absolute Gasteiger partial charge is 0.478 e. The van der Waals surface area contributed by atoms with Crippen LogP contribution in [0.25, 0.3) is 11.0 Å². The molecule has 0 radical (unpaired) electrons. The van der Waals surface area contributed by atoms with Crippen molar-refractivity contribution in [3.8, 4) is 0 Å². The summed E-state index contributed by atoms with van der Waals surface area (Å²) in [6, 6.07) is 12.0. The number of anilines is 1. The van der Waals surface area contributed by atoms with Crippen LogP contribution in [0, 0.1) is 6.92 Å². The van der Waals surface area contributed by atoms with Crippen LogP contribution in [-0.2, 0) is 4.79 Å². The van der Waals surface area contributed by atoms with E-state index >= 15 is 0 Å². The first-order chi connectivity index (χ1) is 11.5. The van der Waals surface area contributed by atoms with Crippen molar-refractivity contribution in [2.75, 3.05) is 11.1 Å². The summed E-state index contributed by atoms with van der Waals surface area (Å²) in [7, 11) is 0. The normalized spacial score (nSPS) is 10.7. The first kappa shape index (κ1) is 16.1. The second kappa shape index (κ2) is 6.76. The van der Waals surface area contributed by atoms with E-state index in [2.05, 4.69) is 15.3 Å². The molecular weight excluding hydrogens is 326 g/mol. The van der Waals surface area contributed by atoms with Gasteiger partial charge >= 0.3 is 5.97 Å². The SMILES string of the molecule is Cc1ccc2nc(SCC(=O)Nc3ccc(C(=O)O)cc3)[nH]c2c1. The minimum Gasteiger partial charge on any atom is -0.478 e. The first-order valence-corrected chi connectivity index (χ1v) is 8.22. The number of nitrogens with zero attached hydrogens (tertiary/aromatic N) is 1. The van der Waals surface area contributed by atoms with Gasteiger partial charge in [-0.1, -0.05) is 17.8 Å². The molecule has 2 aromatic carbocycles. The van der Waals surface area contributed by atoms with Gasteiger partial charge in [0.15, 0.2) is 5.16 Å². The Morgan fingerprint density at radius 2 is 1.96 bits per heavy atom. The second-order valence-electron chi connectivity index (χ2n) is 5.28. The van der Waals surface area contributed by atoms with Crippen LogP contribution in [-0.4, -0.2) is 32.7 Å². The van der Waals surface area contributed by atoms with Gasteiger partial charge in [0.05, 0.1) is 22.3 Å². The van der Waals surface area contributed by atoms with Gasteiger partial charge in [-0.05, 0) is 48.9 Å². The van der Waals surface area contributed by atoms with Gasteiger partial charge in [-0.25, -0.2) is 9.78 Å². The highest BCUT2D eigenvalue weighted by atomic mass is 32.2. The lowest BCUT2D eigenvalue weighted by Gasteiger charge is -2.04. The molecule has 0 fully saturated rings. The Balaban J connectivity index is 1.59. The molecule has 1 aromatic heterocycles. The summed E-state index contributed by atoms with van der Waals surface area (Å²) in [4.78, 5) is 30.4. The summed E-state index contributed by atoms with van der Waals surface area (Å²) in [5.74, 6) is -0.970. The summed E-state index contributed by atoms with van der Waals surface area (Å²) in [6.45, 7) is 2.01. The van der Waals surface area contributed by atoms with Crippen LogP contribution in [0.4, 0.5) is 5.69 Å². The number of carbonyl (C=O) groups excluding carboxylic acids is 1. The number of hydrogen-bond donors (Lipinski definition) is 3. The Morgan fingerprint density at radius 3 is 2.67 bits per heavy atom. The number of aromatic carboxylic acids is 1. The van der Waals surface area contributed by atoms with Crippen LogP contribution >= 0.6 is 11.8 Å². The standard InChI is InChI=1S/C17H15N3O3S/c1-10-2-7-13-14(8-10)20-17(19-13)24-9-15(21)18-12-5-3-11(4-6-12)16(22)23/h2-8H,9H2,1H3,(H,18,21)(H,19,20)(H,22,23). The third kappa shape index (κ3) is 3.75. The Kier molecular flexibility index (Phi) is 4.52. The fourth-order valence-electron chi connectivity index (χ4n) is 2.20. The number of benzene rings is 2. The number of hydrogen-bond acceptors (Lipinski definition) is 4. The van der Waals surface area contributed by atoms with E-state index in [1.165, 1.54) is 23.9 Å². The highest BCUT2D eigenvalue weighted by Gasteiger charge is 2.08. The van der Waals surface area contributed by atoms with E-state index in [0.29, 0.717) is 10.8 Å². The zero-order chi connectivity index (χ0) is 17.1. The Bertz CT molecular complexity index is 903. The summed E-state index contributed by atoms with van der Waals surface area (Å²) in [5.41, 5.74) is 3.70. The fraction of sp³-hybridized carbons (Fsp3) is 0.118. The van der Waals surface area contributed by atoms with Gasteiger partial charge in [-0.2, -0.15) is 0 Å². The van der Waals surface area contributed by atoms with Crippen molar-refractivity contribution in [2.45, 2.75) is 12.1 Å². The van der Waals surface area contributed by atoms with Gasteiger partial charge in [0, 0.05) is 5.69 Å². The molecule has 0 bridgehead atoms. The maximum Gasteiger partial charge on any atom is 0.335 e. The van der Waals surface area contributed by atoms with Crippen molar-refractivity contribution in [1.29, 1.82) is 0 Å². The van der Waals surface area contributed by atoms with Gasteiger partial charge in [-0.15, -0.1) is 0 Å². The molecule has 0 saturated heterocycles. The minimum absolute atomic E-state index is 0.181. The zero-order valence-electron chi connectivity index (χ0n) is 12.9. The maximum atomic E-state index is 12.0. The lowest BCUT2D eigenvalue weighted by Crippen LogP contribution is -2.14. The number of fused-ring (bicyclic) bond motifs is 1. The predicted molar refractivity (Wildman–Crippen MR) is 93.6 cm³/mol.